The van der Waals surface area contributed by atoms with E-state index in [0.717, 1.165) is 63.6 Å². The van der Waals surface area contributed by atoms with Crippen molar-refractivity contribution in [2.24, 2.45) is 0 Å². The Kier molecular flexibility index (Phi) is 22.3. The lowest BCUT2D eigenvalue weighted by atomic mass is 10.0. The van der Waals surface area contributed by atoms with Crippen molar-refractivity contribution in [3.05, 3.63) is 284 Å². The topological polar surface area (TPSA) is 218 Å². The molecule has 0 aliphatic rings. The number of ether oxygens (including phenoxy) is 6. The number of aryl methyl sites for hydroxylation is 3. The number of carbonyl (C=O) groups is 6. The number of aromatic hydroxyl groups is 3. The van der Waals surface area contributed by atoms with E-state index in [4.69, 9.17) is 14.2 Å². The maximum atomic E-state index is 13.5. The van der Waals surface area contributed by atoms with Crippen LogP contribution in [0, 0.1) is 20.8 Å². The third-order valence-corrected chi connectivity index (χ3v) is 17.4. The monoisotopic (exact) mass is 1310 g/mol. The molecule has 470 valence electrons. The lowest BCUT2D eigenvalue weighted by Crippen LogP contribution is -2.03. The summed E-state index contributed by atoms with van der Waals surface area (Å²) in [5, 5.41) is 31.9. The van der Waals surface area contributed by atoms with Crippen molar-refractivity contribution >= 4 is 119 Å². The minimum absolute atomic E-state index is 0. The summed E-state index contributed by atoms with van der Waals surface area (Å²) in [6.45, 7) is 6.91. The molecule has 0 saturated carbocycles. The molecule has 0 aliphatic carbocycles. The molecule has 12 aromatic rings. The summed E-state index contributed by atoms with van der Waals surface area (Å²) in [5.74, 6) is 3.02. The highest BCUT2D eigenvalue weighted by Gasteiger charge is 2.26. The van der Waals surface area contributed by atoms with E-state index >= 15 is 0 Å². The Morgan fingerprint density at radius 3 is 1.06 bits per heavy atom. The Labute approximate surface area is 552 Å². The molecule has 0 amide bonds. The van der Waals surface area contributed by atoms with Crippen LogP contribution in [0.3, 0.4) is 0 Å². The number of rotatable bonds is 21. The number of phenols is 3. The van der Waals surface area contributed by atoms with Crippen LogP contribution in [0.4, 0.5) is 0 Å². The highest BCUT2D eigenvalue weighted by Crippen LogP contribution is 2.46. The number of carbonyl (C=O) groups excluding carboxylic acids is 6. The summed E-state index contributed by atoms with van der Waals surface area (Å²) in [7, 11) is 0. The van der Waals surface area contributed by atoms with E-state index < -0.39 is 0 Å². The molecule has 94 heavy (non-hydrogen) atoms. The van der Waals surface area contributed by atoms with Crippen LogP contribution in [0.2, 0.25) is 0 Å². The van der Waals surface area contributed by atoms with E-state index in [0.29, 0.717) is 85.2 Å². The van der Waals surface area contributed by atoms with Gasteiger partial charge in [-0.05, 0) is 152 Å². The summed E-state index contributed by atoms with van der Waals surface area (Å²) in [6, 6.07) is 58.4. The van der Waals surface area contributed by atoms with Crippen LogP contribution < -0.4 is 14.2 Å². The first-order valence-corrected chi connectivity index (χ1v) is 30.8. The lowest BCUT2D eigenvalue weighted by Gasteiger charge is -2.09. The average Bonchev–Trinajstić information content (AvgIpc) is 1.64. The van der Waals surface area contributed by atoms with Gasteiger partial charge in [-0.3, -0.25) is 28.8 Å². The van der Waals surface area contributed by atoms with E-state index in [2.05, 4.69) is 14.2 Å². The first-order chi connectivity index (χ1) is 45.2. The highest BCUT2D eigenvalue weighted by molar-refractivity contribution is 7.22. The lowest BCUT2D eigenvalue weighted by molar-refractivity contribution is -0.124. The Hall–Kier alpha value is -11.7. The molecule has 3 N–H and O–H groups in total. The number of hydrogen-bond donors (Lipinski definition) is 3. The molecule has 0 saturated heterocycles. The van der Waals surface area contributed by atoms with Gasteiger partial charge in [-0.2, -0.15) is 0 Å². The van der Waals surface area contributed by atoms with Gasteiger partial charge in [0.2, 0.25) is 17.3 Å². The van der Waals surface area contributed by atoms with Crippen molar-refractivity contribution in [1.82, 2.24) is 0 Å². The van der Waals surface area contributed by atoms with Crippen LogP contribution in [0.15, 0.2) is 219 Å². The van der Waals surface area contributed by atoms with Gasteiger partial charge in [0, 0.05) is 46.9 Å². The molecule has 0 aliphatic heterocycles. The van der Waals surface area contributed by atoms with E-state index in [1.165, 1.54) is 52.8 Å². The van der Waals surface area contributed by atoms with E-state index in [1.54, 1.807) is 146 Å². The molecule has 0 bridgehead atoms. The second-order valence-corrected chi connectivity index (χ2v) is 23.6. The minimum atomic E-state index is -0.142. The van der Waals surface area contributed by atoms with Gasteiger partial charge in [0.15, 0.2) is 17.2 Å². The van der Waals surface area contributed by atoms with Gasteiger partial charge < -0.3 is 43.7 Å². The van der Waals surface area contributed by atoms with Crippen molar-refractivity contribution < 1.29 is 72.5 Å². The van der Waals surface area contributed by atoms with Crippen molar-refractivity contribution in [3.8, 4) is 51.7 Å². The summed E-state index contributed by atoms with van der Waals surface area (Å²) < 4.78 is 34.4. The van der Waals surface area contributed by atoms with Crippen molar-refractivity contribution in [3.63, 3.8) is 0 Å². The van der Waals surface area contributed by atoms with Crippen molar-refractivity contribution in [2.45, 2.75) is 28.2 Å². The van der Waals surface area contributed by atoms with Gasteiger partial charge in [0.25, 0.3) is 19.4 Å². The molecule has 0 radical (unpaired) electrons. The van der Waals surface area contributed by atoms with Gasteiger partial charge in [0.05, 0.1) is 18.8 Å². The molecule has 18 heteroatoms. The normalized spacial score (nSPS) is 10.9. The van der Waals surface area contributed by atoms with Crippen LogP contribution in [0.1, 0.15) is 86.5 Å². The fraction of sp³-hybridized carbons (Fsp3) is 0.0526. The predicted octanol–water partition coefficient (Wildman–Crippen LogP) is 18.9. The Morgan fingerprint density at radius 2 is 0.713 bits per heavy atom. The van der Waals surface area contributed by atoms with Crippen LogP contribution in [0.25, 0.3) is 48.5 Å². The zero-order valence-electron chi connectivity index (χ0n) is 49.7. The third kappa shape index (κ3) is 16.4. The van der Waals surface area contributed by atoms with E-state index in [9.17, 15) is 44.1 Å². The Bertz CT molecular complexity index is 4790. The smallest absolute Gasteiger partial charge is 0.297 e. The maximum Gasteiger partial charge on any atom is 0.297 e. The van der Waals surface area contributed by atoms with Gasteiger partial charge >= 0.3 is 0 Å². The Morgan fingerprint density at radius 1 is 0.372 bits per heavy atom. The van der Waals surface area contributed by atoms with Gasteiger partial charge in [-0.1, -0.05) is 128 Å². The van der Waals surface area contributed by atoms with E-state index in [-0.39, 0.29) is 42.0 Å². The molecule has 0 atom stereocenters. The second-order valence-electron chi connectivity index (χ2n) is 20.5. The molecule has 3 aromatic heterocycles. The first-order valence-electron chi connectivity index (χ1n) is 28.4. The fourth-order valence-corrected chi connectivity index (χ4v) is 12.8. The van der Waals surface area contributed by atoms with Gasteiger partial charge in [-0.25, -0.2) is 0 Å². The molecular formula is C76H58O15S3. The van der Waals surface area contributed by atoms with Crippen molar-refractivity contribution in [2.75, 3.05) is 0 Å². The number of hydrogen-bond acceptors (Lipinski definition) is 18. The number of phenolic OH excluding ortho intramolecular Hbond substituents is 3. The number of benzene rings is 9. The van der Waals surface area contributed by atoms with Gasteiger partial charge in [0.1, 0.15) is 49.1 Å². The van der Waals surface area contributed by atoms with Crippen LogP contribution in [-0.2, 0) is 28.6 Å². The van der Waals surface area contributed by atoms with Crippen LogP contribution >= 0.6 is 34.0 Å². The highest BCUT2D eigenvalue weighted by atomic mass is 32.1. The quantitative estimate of drug-likeness (QED) is 0.0264. The molecule has 3 heterocycles. The molecule has 12 rings (SSSR count). The molecule has 0 spiro atoms. The first kappa shape index (κ1) is 66.7. The minimum Gasteiger partial charge on any atom is -0.508 e. The second kappa shape index (κ2) is 31.4. The number of fused-ring (bicyclic) bond motifs is 3. The zero-order chi connectivity index (χ0) is 65.4. The SMILES string of the molecule is C.Cc1ccc(C(=O)c2sc3cc(O)ccc3c2Oc2ccc(/C=C/OC=O)cc2)c(C)c1.Cc1ccc(C(=O)c2sc3cc(O)ccc3c2Oc2ccc(/C=C/OC=O)cc2)cc1.O=CO/C=C/c1ccc(Oc2c(C(=O)c3ccccc3)sc3cc(O)ccc23)cc1. The fourth-order valence-electron chi connectivity index (χ4n) is 9.43. The van der Waals surface area contributed by atoms with Crippen LogP contribution in [-0.4, -0.2) is 52.1 Å². The number of thiophene rings is 3. The molecule has 0 fully saturated rings. The third-order valence-electron chi connectivity index (χ3n) is 14.0. The zero-order valence-corrected chi connectivity index (χ0v) is 52.2. The molecule has 0 unspecified atom stereocenters. The maximum absolute atomic E-state index is 13.5. The van der Waals surface area contributed by atoms with E-state index in [1.807, 2.05) is 93.6 Å². The average molecular weight is 1310 g/mol. The Balaban J connectivity index is 0.000000165. The standard InChI is InChI=1S/C26H20O5S.C25H18O5S.C24H16O5S.CH4/c1-16-3-9-21(17(2)13-16)24(29)26-25(22-10-6-19(28)14-23(22)32-26)31-20-7-4-18(5-8-20)11-12-30-15-27;1-16-2-6-18(7-3-16)23(28)25-24(21-11-8-19(27)14-22(21)31-25)30-20-9-4-17(5-10-20)12-13-29-15-26;25-15-28-13-12-16-6-9-19(10-7-16)29-23-20-11-8-18(26)14-21(20)30-24(23)22(27)17-4-2-1-3-5-17;/h3-15,28H,1-2H3;2-15,27H,1H3;1-15,26H;1H4/b12-11+;2*13-12+;. The van der Waals surface area contributed by atoms with Gasteiger partial charge in [-0.15, -0.1) is 34.0 Å². The van der Waals surface area contributed by atoms with Crippen molar-refractivity contribution in [1.29, 1.82) is 0 Å². The number of ketones is 3. The molecule has 9 aromatic carbocycles. The summed E-state index contributed by atoms with van der Waals surface area (Å²) in [5.41, 5.74) is 7.28. The van der Waals surface area contributed by atoms with Crippen LogP contribution in [0.5, 0.6) is 51.7 Å². The molecule has 15 nitrogen and oxygen atoms in total. The molecular weight excluding hydrogens is 1250 g/mol. The summed E-state index contributed by atoms with van der Waals surface area (Å²) >= 11 is 3.86. The largest absolute Gasteiger partial charge is 0.508 e. The summed E-state index contributed by atoms with van der Waals surface area (Å²) in [4.78, 5) is 71.9. The summed E-state index contributed by atoms with van der Waals surface area (Å²) in [6.07, 6.45) is 8.81. The predicted molar refractivity (Wildman–Crippen MR) is 369 cm³/mol.